The number of carbonyl (C=O) groups is 2. The summed E-state index contributed by atoms with van der Waals surface area (Å²) in [5, 5.41) is 32.8. The quantitative estimate of drug-likeness (QED) is 0.0339. The summed E-state index contributed by atoms with van der Waals surface area (Å²) < 4.78 is 5.51. The van der Waals surface area contributed by atoms with E-state index in [4.69, 9.17) is 24.7 Å². The number of hydrogen-bond acceptors (Lipinski definition) is 12. The number of ether oxygens (including phenoxy) is 1. The molecule has 15 heteroatoms. The van der Waals surface area contributed by atoms with Crippen LogP contribution in [0.4, 0.5) is 34.9 Å². The summed E-state index contributed by atoms with van der Waals surface area (Å²) in [6.45, 7) is 5.61. The van der Waals surface area contributed by atoms with Gasteiger partial charge in [0.05, 0.1) is 23.7 Å². The maximum absolute atomic E-state index is 13.0. The van der Waals surface area contributed by atoms with Gasteiger partial charge in [0.25, 0.3) is 0 Å². The van der Waals surface area contributed by atoms with Crippen molar-refractivity contribution in [2.75, 3.05) is 28.0 Å². The number of nitrogens with zero attached hydrogens (tertiary/aromatic N) is 5. The van der Waals surface area contributed by atoms with Gasteiger partial charge in [-0.05, 0) is 125 Å². The molecule has 0 fully saturated rings. The smallest absolute Gasteiger partial charge is 0.340 e. The van der Waals surface area contributed by atoms with Crippen molar-refractivity contribution >= 4 is 92.2 Å². The van der Waals surface area contributed by atoms with E-state index >= 15 is 0 Å². The molecule has 0 saturated heterocycles. The van der Waals surface area contributed by atoms with Crippen LogP contribution in [0.15, 0.2) is 232 Å². The van der Waals surface area contributed by atoms with E-state index in [-0.39, 0.29) is 17.0 Å². The molecular formula is C67H57N8O5S2+. The fourth-order valence-electron chi connectivity index (χ4n) is 9.72. The number of nitrogens with one attached hydrogen (secondary N) is 3. The number of rotatable bonds is 21. The minimum Gasteiger partial charge on any atom is -0.497 e. The SMILES string of the molecule is COc1ccc(N(Cc2ccccc2)c2nc(NCc3ccccc3Sc3cc(-c4ccc5nc(NCc6ccccc6[SH+]c6ccccc6C(=O)O)nc(Nc6ccccc6C(C)C)c5c4)ccc3C(=O)O)nc3ccccc23)cc1. The highest BCUT2D eigenvalue weighted by Crippen LogP contribution is 2.39. The Morgan fingerprint density at radius 3 is 1.96 bits per heavy atom. The van der Waals surface area contributed by atoms with Gasteiger partial charge in [-0.25, -0.2) is 19.6 Å². The Balaban J connectivity index is 0.895. The molecule has 0 amide bonds. The zero-order valence-corrected chi connectivity index (χ0v) is 46.8. The molecule has 0 aliphatic heterocycles. The van der Waals surface area contributed by atoms with Crippen LogP contribution in [0.1, 0.15) is 62.7 Å². The number of anilines is 6. The lowest BCUT2D eigenvalue weighted by atomic mass is 10.0. The van der Waals surface area contributed by atoms with Gasteiger partial charge in [-0.1, -0.05) is 147 Å². The maximum Gasteiger partial charge on any atom is 0.340 e. The molecular weight excluding hydrogens is 1060 g/mol. The Labute approximate surface area is 483 Å². The van der Waals surface area contributed by atoms with Crippen molar-refractivity contribution in [2.45, 2.75) is 59.0 Å². The molecule has 9 aromatic carbocycles. The largest absolute Gasteiger partial charge is 0.497 e. The zero-order valence-electron chi connectivity index (χ0n) is 45.1. The lowest BCUT2D eigenvalue weighted by Crippen LogP contribution is -2.19. The average Bonchev–Trinajstić information content (AvgIpc) is 3.70. The summed E-state index contributed by atoms with van der Waals surface area (Å²) in [6.07, 6.45) is 0. The predicted molar refractivity (Wildman–Crippen MR) is 331 cm³/mol. The number of benzene rings is 9. The Bertz CT molecular complexity index is 4130. The van der Waals surface area contributed by atoms with Gasteiger partial charge >= 0.3 is 11.9 Å². The Morgan fingerprint density at radius 2 is 1.20 bits per heavy atom. The number of carboxylic acid groups (broad SMARTS) is 2. The van der Waals surface area contributed by atoms with E-state index in [0.29, 0.717) is 52.7 Å². The summed E-state index contributed by atoms with van der Waals surface area (Å²) in [4.78, 5) is 50.6. The molecule has 0 unspecified atom stereocenters. The zero-order chi connectivity index (χ0) is 56.5. The van der Waals surface area contributed by atoms with E-state index in [1.165, 1.54) is 11.8 Å². The molecule has 0 saturated carbocycles. The van der Waals surface area contributed by atoms with Crippen LogP contribution >= 0.6 is 11.8 Å². The molecule has 0 aliphatic carbocycles. The molecule has 0 bridgehead atoms. The van der Waals surface area contributed by atoms with E-state index in [1.807, 2.05) is 176 Å². The lowest BCUT2D eigenvalue weighted by molar-refractivity contribution is 0.0682. The molecule has 11 rings (SSSR count). The van der Waals surface area contributed by atoms with Gasteiger partial charge < -0.3 is 35.8 Å². The second kappa shape index (κ2) is 24.8. The highest BCUT2D eigenvalue weighted by molar-refractivity contribution is 7.99. The van der Waals surface area contributed by atoms with Crippen molar-refractivity contribution < 1.29 is 24.5 Å². The first kappa shape index (κ1) is 54.3. The molecule has 406 valence electrons. The van der Waals surface area contributed by atoms with Crippen LogP contribution < -0.4 is 25.6 Å². The minimum atomic E-state index is -1.03. The molecule has 5 N–H and O–H groups in total. The van der Waals surface area contributed by atoms with E-state index < -0.39 is 11.9 Å². The second-order valence-corrected chi connectivity index (χ2v) is 21.9. The van der Waals surface area contributed by atoms with Crippen molar-refractivity contribution in [2.24, 2.45) is 0 Å². The number of fused-ring (bicyclic) bond motifs is 2. The molecule has 0 spiro atoms. The monoisotopic (exact) mass is 1120 g/mol. The van der Waals surface area contributed by atoms with Gasteiger partial charge in [0.15, 0.2) is 9.79 Å². The third-order valence-electron chi connectivity index (χ3n) is 13.9. The molecule has 2 aromatic heterocycles. The van der Waals surface area contributed by atoms with E-state index in [2.05, 4.69) is 52.9 Å². The molecule has 0 atom stereocenters. The average molecular weight is 1120 g/mol. The molecule has 13 nitrogen and oxygen atoms in total. The standard InChI is InChI=1S/C67H56N8O5S2/c1-42(2)50-21-9-12-24-55(50)70-62-54-37-44(30-36-57(54)72-66(73-62)68-39-46-19-7-14-26-58(46)81-60-28-16-11-23-52(60)64(76)77)45-29-35-53(65(78)79)61(38-45)82-59-27-15-8-20-47(59)40-69-67-71-56-25-13-10-22-51(56)63(74-67)75(41-43-17-5-4-6-18-43)48-31-33-49(80-3)34-32-48/h4-38,42H,39-41H2,1-3H3,(H,76,77)(H,78,79)(H,69,71,74)(H2,68,70,72,73)/p+1. The number of aromatic carboxylic acids is 2. The topological polar surface area (TPSA) is 175 Å². The summed E-state index contributed by atoms with van der Waals surface area (Å²) in [5.74, 6) is 1.16. The van der Waals surface area contributed by atoms with Crippen LogP contribution in [0.2, 0.25) is 0 Å². The van der Waals surface area contributed by atoms with Crippen molar-refractivity contribution in [3.8, 4) is 16.9 Å². The highest BCUT2D eigenvalue weighted by atomic mass is 32.2. The first-order valence-corrected chi connectivity index (χ1v) is 28.4. The molecule has 82 heavy (non-hydrogen) atoms. The molecule has 2 heterocycles. The van der Waals surface area contributed by atoms with Crippen molar-refractivity contribution in [3.05, 3.63) is 246 Å². The van der Waals surface area contributed by atoms with Crippen molar-refractivity contribution in [1.82, 2.24) is 19.9 Å². The highest BCUT2D eigenvalue weighted by Gasteiger charge is 2.23. The number of para-hydroxylation sites is 2. The van der Waals surface area contributed by atoms with E-state index in [0.717, 1.165) is 94.2 Å². The van der Waals surface area contributed by atoms with Crippen LogP contribution in [-0.2, 0) is 31.4 Å². The second-order valence-electron chi connectivity index (χ2n) is 19.6. The van der Waals surface area contributed by atoms with Gasteiger partial charge in [0, 0.05) is 68.9 Å². The van der Waals surface area contributed by atoms with Crippen molar-refractivity contribution in [1.29, 1.82) is 0 Å². The van der Waals surface area contributed by atoms with E-state index in [1.54, 1.807) is 25.3 Å². The summed E-state index contributed by atoms with van der Waals surface area (Å²) in [6, 6.07) is 68.8. The van der Waals surface area contributed by atoms with Gasteiger partial charge in [-0.2, -0.15) is 9.97 Å². The Morgan fingerprint density at radius 1 is 0.573 bits per heavy atom. The lowest BCUT2D eigenvalue weighted by Gasteiger charge is -2.26. The summed E-state index contributed by atoms with van der Waals surface area (Å²) >= 11 is 2.16. The van der Waals surface area contributed by atoms with Crippen LogP contribution in [0.25, 0.3) is 32.9 Å². The van der Waals surface area contributed by atoms with Gasteiger partial charge in [0.1, 0.15) is 22.9 Å². The third kappa shape index (κ3) is 12.4. The number of carboxylic acids is 2. The number of hydrogen-bond donors (Lipinski definition) is 5. The molecule has 0 aliphatic rings. The summed E-state index contributed by atoms with van der Waals surface area (Å²) in [7, 11) is 1.66. The Kier molecular flexibility index (Phi) is 16.4. The molecule has 11 aromatic rings. The van der Waals surface area contributed by atoms with Crippen LogP contribution in [0.3, 0.4) is 0 Å². The fourth-order valence-corrected chi connectivity index (χ4v) is 12.0. The summed E-state index contributed by atoms with van der Waals surface area (Å²) in [5.41, 5.74) is 9.58. The van der Waals surface area contributed by atoms with Gasteiger partial charge in [0.2, 0.25) is 11.9 Å². The minimum absolute atomic E-state index is 0.177. The first-order valence-electron chi connectivity index (χ1n) is 26.7. The fraction of sp³-hybridized carbons (Fsp3) is 0.104. The van der Waals surface area contributed by atoms with Gasteiger partial charge in [-0.3, -0.25) is 0 Å². The van der Waals surface area contributed by atoms with Gasteiger partial charge in [-0.15, -0.1) is 0 Å². The Hall–Kier alpha value is -9.70. The van der Waals surface area contributed by atoms with Crippen LogP contribution in [0.5, 0.6) is 5.75 Å². The van der Waals surface area contributed by atoms with Crippen molar-refractivity contribution in [3.63, 3.8) is 0 Å². The number of methoxy groups -OCH3 is 1. The number of thiol groups is 1. The predicted octanol–water partition coefficient (Wildman–Crippen LogP) is 15.5. The third-order valence-corrected chi connectivity index (χ3v) is 16.4. The number of aromatic nitrogens is 4. The van der Waals surface area contributed by atoms with Crippen LogP contribution in [0, 0.1) is 0 Å². The van der Waals surface area contributed by atoms with E-state index in [9.17, 15) is 19.8 Å². The maximum atomic E-state index is 13.0. The first-order chi connectivity index (χ1) is 40.0. The van der Waals surface area contributed by atoms with Crippen LogP contribution in [-0.4, -0.2) is 49.2 Å². The normalized spacial score (nSPS) is 11.2. The molecule has 0 radical (unpaired) electrons.